The van der Waals surface area contributed by atoms with Gasteiger partial charge in [-0.1, -0.05) is 0 Å². The summed E-state index contributed by atoms with van der Waals surface area (Å²) >= 11 is 0. The highest BCUT2D eigenvalue weighted by atomic mass is 19.4. The van der Waals surface area contributed by atoms with Crippen LogP contribution in [-0.2, 0) is 6.18 Å². The van der Waals surface area contributed by atoms with Crippen molar-refractivity contribution < 1.29 is 23.2 Å². The third kappa shape index (κ3) is 2.09. The van der Waals surface area contributed by atoms with Gasteiger partial charge in [0.2, 0.25) is 5.75 Å². The second-order valence-corrected chi connectivity index (χ2v) is 2.69. The fourth-order valence-electron chi connectivity index (χ4n) is 0.944. The van der Waals surface area contributed by atoms with Crippen molar-refractivity contribution in [1.82, 2.24) is 0 Å². The first-order valence-electron chi connectivity index (χ1n) is 3.57. The van der Waals surface area contributed by atoms with Crippen LogP contribution in [0.15, 0.2) is 12.1 Å². The molecule has 0 bridgehead atoms. The van der Waals surface area contributed by atoms with Gasteiger partial charge < -0.3 is 10.8 Å². The van der Waals surface area contributed by atoms with E-state index in [0.29, 0.717) is 6.07 Å². The van der Waals surface area contributed by atoms with Gasteiger partial charge in [-0.2, -0.15) is 13.2 Å². The summed E-state index contributed by atoms with van der Waals surface area (Å²) in [6, 6.07) is 0.661. The Labute approximate surface area is 81.1 Å². The van der Waals surface area contributed by atoms with Crippen molar-refractivity contribution in [3.8, 4) is 5.75 Å². The predicted molar refractivity (Wildman–Crippen MR) is 44.2 cm³/mol. The first-order chi connectivity index (χ1) is 6.73. The number of anilines is 1. The summed E-state index contributed by atoms with van der Waals surface area (Å²) in [7, 11) is 0. The van der Waals surface area contributed by atoms with Crippen LogP contribution in [0, 0.1) is 10.1 Å². The van der Waals surface area contributed by atoms with E-state index in [4.69, 9.17) is 10.8 Å². The molecule has 0 aliphatic heterocycles. The molecule has 0 saturated carbocycles. The van der Waals surface area contributed by atoms with Gasteiger partial charge in [-0.3, -0.25) is 10.1 Å². The molecule has 0 aliphatic carbocycles. The van der Waals surface area contributed by atoms with Crippen LogP contribution < -0.4 is 5.73 Å². The van der Waals surface area contributed by atoms with Gasteiger partial charge in [-0.05, 0) is 6.07 Å². The minimum absolute atomic E-state index is 0.228. The highest BCUT2D eigenvalue weighted by molar-refractivity contribution is 5.65. The minimum atomic E-state index is -4.74. The Kier molecular flexibility index (Phi) is 2.44. The first-order valence-corrected chi connectivity index (χ1v) is 3.57. The average molecular weight is 222 g/mol. The molecule has 0 atom stereocenters. The molecule has 0 fully saturated rings. The van der Waals surface area contributed by atoms with Gasteiger partial charge in [-0.25, -0.2) is 0 Å². The Balaban J connectivity index is 3.43. The number of halogens is 3. The van der Waals surface area contributed by atoms with Crippen LogP contribution in [0.5, 0.6) is 5.75 Å². The van der Waals surface area contributed by atoms with E-state index in [1.54, 1.807) is 0 Å². The third-order valence-electron chi connectivity index (χ3n) is 1.64. The van der Waals surface area contributed by atoms with Crippen molar-refractivity contribution in [1.29, 1.82) is 0 Å². The number of nitrogen functional groups attached to an aromatic ring is 1. The van der Waals surface area contributed by atoms with E-state index in [2.05, 4.69) is 0 Å². The van der Waals surface area contributed by atoms with Crippen molar-refractivity contribution in [2.24, 2.45) is 0 Å². The van der Waals surface area contributed by atoms with Crippen molar-refractivity contribution in [3.63, 3.8) is 0 Å². The summed E-state index contributed by atoms with van der Waals surface area (Å²) in [6.45, 7) is 0. The monoisotopic (exact) mass is 222 g/mol. The molecule has 0 aromatic heterocycles. The number of hydrogen-bond acceptors (Lipinski definition) is 4. The fourth-order valence-corrected chi connectivity index (χ4v) is 0.944. The van der Waals surface area contributed by atoms with E-state index in [1.165, 1.54) is 0 Å². The van der Waals surface area contributed by atoms with Crippen molar-refractivity contribution in [2.45, 2.75) is 6.18 Å². The third-order valence-corrected chi connectivity index (χ3v) is 1.64. The molecular weight excluding hydrogens is 217 g/mol. The molecular formula is C7H5F3N2O3. The second kappa shape index (κ2) is 3.30. The van der Waals surface area contributed by atoms with Gasteiger partial charge in [0.15, 0.2) is 0 Å². The average Bonchev–Trinajstić information content (AvgIpc) is 2.06. The van der Waals surface area contributed by atoms with Crippen molar-refractivity contribution >= 4 is 11.4 Å². The number of nitro groups is 1. The molecule has 0 saturated heterocycles. The molecule has 0 heterocycles. The van der Waals surface area contributed by atoms with Crippen LogP contribution in [0.3, 0.4) is 0 Å². The molecule has 1 aromatic carbocycles. The maximum atomic E-state index is 12.2. The topological polar surface area (TPSA) is 89.4 Å². The second-order valence-electron chi connectivity index (χ2n) is 2.69. The van der Waals surface area contributed by atoms with Gasteiger partial charge in [0, 0.05) is 6.07 Å². The maximum absolute atomic E-state index is 12.2. The van der Waals surface area contributed by atoms with E-state index >= 15 is 0 Å². The number of nitrogens with two attached hydrogens (primary N) is 1. The molecule has 0 unspecified atom stereocenters. The number of phenolic OH excluding ortho intramolecular Hbond substituents is 1. The minimum Gasteiger partial charge on any atom is -0.501 e. The normalized spacial score (nSPS) is 11.4. The lowest BCUT2D eigenvalue weighted by molar-refractivity contribution is -0.386. The van der Waals surface area contributed by atoms with E-state index < -0.39 is 33.8 Å². The van der Waals surface area contributed by atoms with Gasteiger partial charge in [0.05, 0.1) is 16.2 Å². The van der Waals surface area contributed by atoms with E-state index in [9.17, 15) is 23.3 Å². The number of phenols is 1. The Morgan fingerprint density at radius 1 is 1.40 bits per heavy atom. The summed E-state index contributed by atoms with van der Waals surface area (Å²) in [5, 5.41) is 19.3. The quantitative estimate of drug-likeness (QED) is 0.328. The van der Waals surface area contributed by atoms with Gasteiger partial charge in [0.25, 0.3) is 0 Å². The molecule has 0 spiro atoms. The molecule has 5 nitrogen and oxygen atoms in total. The first kappa shape index (κ1) is 11.1. The zero-order chi connectivity index (χ0) is 11.8. The lowest BCUT2D eigenvalue weighted by atomic mass is 10.1. The van der Waals surface area contributed by atoms with Crippen LogP contribution in [-0.4, -0.2) is 10.0 Å². The SMILES string of the molecule is Nc1cc(C(F)(F)F)cc([N+](=O)[O-])c1O. The highest BCUT2D eigenvalue weighted by Crippen LogP contribution is 2.39. The summed E-state index contributed by atoms with van der Waals surface area (Å²) in [5.41, 5.74) is 1.98. The predicted octanol–water partition coefficient (Wildman–Crippen LogP) is 1.90. The number of nitro benzene ring substituents is 1. The van der Waals surface area contributed by atoms with Crippen LogP contribution in [0.4, 0.5) is 24.5 Å². The van der Waals surface area contributed by atoms with E-state index in [1.807, 2.05) is 0 Å². The zero-order valence-electron chi connectivity index (χ0n) is 7.08. The maximum Gasteiger partial charge on any atom is 0.416 e. The van der Waals surface area contributed by atoms with Crippen LogP contribution in [0.1, 0.15) is 5.56 Å². The molecule has 82 valence electrons. The molecule has 8 heteroatoms. The Hall–Kier alpha value is -1.99. The molecule has 0 amide bonds. The summed E-state index contributed by atoms with van der Waals surface area (Å²) in [6.07, 6.45) is -4.74. The molecule has 1 aromatic rings. The molecule has 1 rings (SSSR count). The lowest BCUT2D eigenvalue weighted by Crippen LogP contribution is -2.07. The van der Waals surface area contributed by atoms with Gasteiger partial charge >= 0.3 is 11.9 Å². The smallest absolute Gasteiger partial charge is 0.416 e. The number of aromatic hydroxyl groups is 1. The van der Waals surface area contributed by atoms with Gasteiger partial charge in [0.1, 0.15) is 0 Å². The summed E-state index contributed by atoms with van der Waals surface area (Å²) in [5.74, 6) is -0.965. The van der Waals surface area contributed by atoms with Crippen molar-refractivity contribution in [2.75, 3.05) is 5.73 Å². The van der Waals surface area contributed by atoms with Crippen LogP contribution in [0.25, 0.3) is 0 Å². The largest absolute Gasteiger partial charge is 0.501 e. The number of alkyl halides is 3. The zero-order valence-corrected chi connectivity index (χ0v) is 7.08. The van der Waals surface area contributed by atoms with Gasteiger partial charge in [-0.15, -0.1) is 0 Å². The summed E-state index contributed by atoms with van der Waals surface area (Å²) < 4.78 is 36.5. The number of rotatable bonds is 1. The molecule has 15 heavy (non-hydrogen) atoms. The number of benzene rings is 1. The molecule has 0 radical (unpaired) electrons. The van der Waals surface area contributed by atoms with Crippen molar-refractivity contribution in [3.05, 3.63) is 27.8 Å². The molecule has 0 aliphatic rings. The van der Waals surface area contributed by atoms with Crippen LogP contribution >= 0.6 is 0 Å². The number of nitrogens with zero attached hydrogens (tertiary/aromatic N) is 1. The fraction of sp³-hybridized carbons (Fsp3) is 0.143. The Morgan fingerprint density at radius 3 is 2.33 bits per heavy atom. The highest BCUT2D eigenvalue weighted by Gasteiger charge is 2.34. The van der Waals surface area contributed by atoms with E-state index in [-0.39, 0.29) is 6.07 Å². The van der Waals surface area contributed by atoms with E-state index in [0.717, 1.165) is 0 Å². The summed E-state index contributed by atoms with van der Waals surface area (Å²) in [4.78, 5) is 9.14. The Bertz CT molecular complexity index is 417. The standard InChI is InChI=1S/C7H5F3N2O3/c8-7(9,10)3-1-4(11)6(13)5(2-3)12(14)15/h1-2,13H,11H2. The Morgan fingerprint density at radius 2 is 1.93 bits per heavy atom. The van der Waals surface area contributed by atoms with Crippen LogP contribution in [0.2, 0.25) is 0 Å². The number of hydrogen-bond donors (Lipinski definition) is 2. The lowest BCUT2D eigenvalue weighted by Gasteiger charge is -2.08. The molecule has 3 N–H and O–H groups in total.